The molecule has 0 aliphatic rings. The largest absolute Gasteiger partial charge is 0.456 e. The highest BCUT2D eigenvalue weighted by atomic mass is 35.5. The Kier molecular flexibility index (Phi) is 6.62. The molecule has 0 aliphatic heterocycles. The van der Waals surface area contributed by atoms with Crippen molar-refractivity contribution in [1.29, 1.82) is 5.26 Å². The molecule has 6 heteroatoms. The van der Waals surface area contributed by atoms with Crippen LogP contribution in [0.25, 0.3) is 0 Å². The minimum atomic E-state index is -3.52. The standard InChI is InChI=1S/C15H12ClNO3S.C2H6/c1-10-5-12(16)8-13(6-10)20-14-4-3-11(9-17)7-15(14)21(2,18)19;1-2/h3-8H,1-2H3;1-2H3. The van der Waals surface area contributed by atoms with Gasteiger partial charge in [-0.1, -0.05) is 25.4 Å². The molecule has 4 nitrogen and oxygen atoms in total. The first kappa shape index (κ1) is 19.0. The molecule has 0 N–H and O–H groups in total. The molecule has 23 heavy (non-hydrogen) atoms. The van der Waals surface area contributed by atoms with Gasteiger partial charge < -0.3 is 4.74 Å². The molecule has 0 unspecified atom stereocenters. The van der Waals surface area contributed by atoms with Crippen LogP contribution in [0, 0.1) is 18.3 Å². The third kappa shape index (κ3) is 5.27. The lowest BCUT2D eigenvalue weighted by Gasteiger charge is -2.11. The summed E-state index contributed by atoms with van der Waals surface area (Å²) in [5.41, 5.74) is 1.15. The Labute approximate surface area is 142 Å². The molecule has 2 aromatic carbocycles. The summed E-state index contributed by atoms with van der Waals surface area (Å²) < 4.78 is 29.3. The van der Waals surface area contributed by atoms with Gasteiger partial charge in [0, 0.05) is 11.3 Å². The molecular formula is C17H18ClNO3S. The molecule has 0 aromatic heterocycles. The minimum absolute atomic E-state index is 0.0285. The van der Waals surface area contributed by atoms with Gasteiger partial charge in [-0.25, -0.2) is 8.42 Å². The van der Waals surface area contributed by atoms with E-state index in [2.05, 4.69) is 0 Å². The van der Waals surface area contributed by atoms with Crippen molar-refractivity contribution in [3.05, 3.63) is 52.5 Å². The van der Waals surface area contributed by atoms with Crippen molar-refractivity contribution in [3.8, 4) is 17.6 Å². The monoisotopic (exact) mass is 351 g/mol. The van der Waals surface area contributed by atoms with Crippen molar-refractivity contribution in [2.24, 2.45) is 0 Å². The van der Waals surface area contributed by atoms with Crippen molar-refractivity contribution < 1.29 is 13.2 Å². The predicted molar refractivity (Wildman–Crippen MR) is 91.9 cm³/mol. The van der Waals surface area contributed by atoms with Gasteiger partial charge in [-0.15, -0.1) is 0 Å². The van der Waals surface area contributed by atoms with Gasteiger partial charge in [0.15, 0.2) is 9.84 Å². The molecule has 0 atom stereocenters. The lowest BCUT2D eigenvalue weighted by molar-refractivity contribution is 0.467. The lowest BCUT2D eigenvalue weighted by Crippen LogP contribution is -2.01. The first-order chi connectivity index (χ1) is 10.8. The molecule has 0 radical (unpaired) electrons. The number of halogens is 1. The number of benzene rings is 2. The number of nitrogens with zero attached hydrogens (tertiary/aromatic N) is 1. The van der Waals surface area contributed by atoms with Crippen LogP contribution in [0.5, 0.6) is 11.5 Å². The summed E-state index contributed by atoms with van der Waals surface area (Å²) in [6.07, 6.45) is 1.07. The smallest absolute Gasteiger partial charge is 0.179 e. The van der Waals surface area contributed by atoms with Crippen molar-refractivity contribution in [3.63, 3.8) is 0 Å². The molecule has 0 saturated heterocycles. The molecule has 0 fully saturated rings. The van der Waals surface area contributed by atoms with E-state index in [0.717, 1.165) is 11.8 Å². The second kappa shape index (κ2) is 8.00. The fourth-order valence-electron chi connectivity index (χ4n) is 1.84. The first-order valence-corrected chi connectivity index (χ1v) is 9.26. The number of hydrogen-bond donors (Lipinski definition) is 0. The summed E-state index contributed by atoms with van der Waals surface area (Å²) in [5, 5.41) is 9.38. The van der Waals surface area contributed by atoms with Crippen LogP contribution in [0.2, 0.25) is 5.02 Å². The maximum atomic E-state index is 11.8. The van der Waals surface area contributed by atoms with Crippen LogP contribution in [-0.4, -0.2) is 14.7 Å². The van der Waals surface area contributed by atoms with Crippen molar-refractivity contribution >= 4 is 21.4 Å². The zero-order valence-electron chi connectivity index (χ0n) is 13.4. The quantitative estimate of drug-likeness (QED) is 0.800. The van der Waals surface area contributed by atoms with E-state index in [1.54, 1.807) is 18.2 Å². The van der Waals surface area contributed by atoms with Crippen molar-refractivity contribution in [2.75, 3.05) is 6.26 Å². The highest BCUT2D eigenvalue weighted by Gasteiger charge is 2.16. The van der Waals surface area contributed by atoms with Gasteiger partial charge in [-0.2, -0.15) is 5.26 Å². The highest BCUT2D eigenvalue weighted by molar-refractivity contribution is 7.90. The maximum absolute atomic E-state index is 11.8. The number of hydrogen-bond acceptors (Lipinski definition) is 4. The molecule has 0 bridgehead atoms. The summed E-state index contributed by atoms with van der Waals surface area (Å²) in [5.74, 6) is 0.604. The summed E-state index contributed by atoms with van der Waals surface area (Å²) in [7, 11) is -3.52. The molecular weight excluding hydrogens is 334 g/mol. The van der Waals surface area contributed by atoms with Crippen LogP contribution in [0.1, 0.15) is 25.0 Å². The van der Waals surface area contributed by atoms with Crippen molar-refractivity contribution in [1.82, 2.24) is 0 Å². The van der Waals surface area contributed by atoms with Crippen LogP contribution in [0.3, 0.4) is 0 Å². The second-order valence-electron chi connectivity index (χ2n) is 4.61. The SMILES string of the molecule is CC.Cc1cc(Cl)cc(Oc2ccc(C#N)cc2S(C)(=O)=O)c1. The number of aryl methyl sites for hydroxylation is 1. The highest BCUT2D eigenvalue weighted by Crippen LogP contribution is 2.31. The zero-order valence-corrected chi connectivity index (χ0v) is 15.0. The second-order valence-corrected chi connectivity index (χ2v) is 7.03. The van der Waals surface area contributed by atoms with Gasteiger partial charge in [0.25, 0.3) is 0 Å². The molecule has 0 spiro atoms. The fraction of sp³-hybridized carbons (Fsp3) is 0.235. The van der Waals surface area contributed by atoms with E-state index in [9.17, 15) is 8.42 Å². The van der Waals surface area contributed by atoms with Crippen LogP contribution in [-0.2, 0) is 9.84 Å². The van der Waals surface area contributed by atoms with Gasteiger partial charge in [-0.3, -0.25) is 0 Å². The lowest BCUT2D eigenvalue weighted by atomic mass is 10.2. The van der Waals surface area contributed by atoms with Gasteiger partial charge in [-0.05, 0) is 48.9 Å². The fourth-order valence-corrected chi connectivity index (χ4v) is 2.94. The number of rotatable bonds is 3. The molecule has 0 aliphatic carbocycles. The summed E-state index contributed by atoms with van der Waals surface area (Å²) in [6, 6.07) is 11.3. The topological polar surface area (TPSA) is 67.2 Å². The summed E-state index contributed by atoms with van der Waals surface area (Å²) in [6.45, 7) is 5.86. The predicted octanol–water partition coefficient (Wildman–Crippen LogP) is 4.74. The summed E-state index contributed by atoms with van der Waals surface area (Å²) >= 11 is 5.95. The first-order valence-electron chi connectivity index (χ1n) is 6.99. The van der Waals surface area contributed by atoms with Gasteiger partial charge in [0.1, 0.15) is 16.4 Å². The average Bonchev–Trinajstić information content (AvgIpc) is 2.47. The minimum Gasteiger partial charge on any atom is -0.456 e. The van der Waals surface area contributed by atoms with Gasteiger partial charge in [0.05, 0.1) is 11.6 Å². The Hall–Kier alpha value is -2.03. The van der Waals surface area contributed by atoms with E-state index in [-0.39, 0.29) is 16.2 Å². The number of nitriles is 1. The summed E-state index contributed by atoms with van der Waals surface area (Å²) in [4.78, 5) is -0.0285. The third-order valence-electron chi connectivity index (χ3n) is 2.72. The molecule has 122 valence electrons. The molecule has 2 aromatic rings. The van der Waals surface area contributed by atoms with E-state index >= 15 is 0 Å². The Morgan fingerprint density at radius 3 is 2.30 bits per heavy atom. The van der Waals surface area contributed by atoms with Crippen molar-refractivity contribution in [2.45, 2.75) is 25.7 Å². The molecule has 0 amide bonds. The molecule has 0 saturated carbocycles. The van der Waals surface area contributed by atoms with E-state index < -0.39 is 9.84 Å². The van der Waals surface area contributed by atoms with Crippen LogP contribution in [0.4, 0.5) is 0 Å². The Morgan fingerprint density at radius 2 is 1.78 bits per heavy atom. The third-order valence-corrected chi connectivity index (χ3v) is 4.05. The zero-order chi connectivity index (χ0) is 17.6. The van der Waals surface area contributed by atoms with Crippen LogP contribution >= 0.6 is 11.6 Å². The number of ether oxygens (including phenoxy) is 1. The Morgan fingerprint density at radius 1 is 1.13 bits per heavy atom. The van der Waals surface area contributed by atoms with Gasteiger partial charge in [0.2, 0.25) is 0 Å². The molecule has 0 heterocycles. The van der Waals surface area contributed by atoms with E-state index in [0.29, 0.717) is 10.8 Å². The maximum Gasteiger partial charge on any atom is 0.179 e. The van der Waals surface area contributed by atoms with E-state index in [1.165, 1.54) is 18.2 Å². The van der Waals surface area contributed by atoms with E-state index in [1.807, 2.05) is 26.8 Å². The van der Waals surface area contributed by atoms with E-state index in [4.69, 9.17) is 21.6 Å². The van der Waals surface area contributed by atoms with Crippen LogP contribution < -0.4 is 4.74 Å². The Bertz CT molecular complexity index is 819. The normalized spacial score (nSPS) is 10.3. The van der Waals surface area contributed by atoms with Crippen LogP contribution in [0.15, 0.2) is 41.3 Å². The van der Waals surface area contributed by atoms with Gasteiger partial charge >= 0.3 is 0 Å². The molecule has 2 rings (SSSR count). The average molecular weight is 352 g/mol. The Balaban J connectivity index is 0.00000127. The number of sulfone groups is 1.